The van der Waals surface area contributed by atoms with Crippen LogP contribution in [0.1, 0.15) is 18.5 Å². The number of rotatable bonds is 4. The molecule has 1 aromatic rings. The lowest BCUT2D eigenvalue weighted by Gasteiger charge is -2.10. The van der Waals surface area contributed by atoms with Gasteiger partial charge in [0.1, 0.15) is 0 Å². The summed E-state index contributed by atoms with van der Waals surface area (Å²) in [6.07, 6.45) is -4.86. The maximum atomic E-state index is 11.8. The van der Waals surface area contributed by atoms with Crippen LogP contribution < -0.4 is 0 Å². The van der Waals surface area contributed by atoms with E-state index in [0.717, 1.165) is 0 Å². The number of halogens is 3. The number of aryl methyl sites for hydroxylation is 1. The quantitative estimate of drug-likeness (QED) is 0.830. The highest BCUT2D eigenvalue weighted by Gasteiger charge is 2.28. The SMILES string of the molecule is Cn1cc(CC(O)CCC(F)(F)F)nn1. The first-order valence-electron chi connectivity index (χ1n) is 4.47. The van der Waals surface area contributed by atoms with E-state index in [1.165, 1.54) is 4.68 Å². The average Bonchev–Trinajstić information content (AvgIpc) is 2.47. The fourth-order valence-corrected chi connectivity index (χ4v) is 1.16. The first-order valence-corrected chi connectivity index (χ1v) is 4.47. The smallest absolute Gasteiger partial charge is 0.389 e. The summed E-state index contributed by atoms with van der Waals surface area (Å²) in [7, 11) is 1.65. The summed E-state index contributed by atoms with van der Waals surface area (Å²) < 4.78 is 36.9. The van der Waals surface area contributed by atoms with Gasteiger partial charge in [0.15, 0.2) is 0 Å². The van der Waals surface area contributed by atoms with E-state index < -0.39 is 18.7 Å². The van der Waals surface area contributed by atoms with E-state index in [1.54, 1.807) is 13.2 Å². The van der Waals surface area contributed by atoms with Crippen LogP contribution in [0, 0.1) is 0 Å². The largest absolute Gasteiger partial charge is 0.393 e. The maximum Gasteiger partial charge on any atom is 0.389 e. The molecule has 0 bridgehead atoms. The molecule has 1 aromatic heterocycles. The van der Waals surface area contributed by atoms with Gasteiger partial charge in [0, 0.05) is 26.1 Å². The molecule has 0 aromatic carbocycles. The molecular formula is C8H12F3N3O. The molecule has 0 spiro atoms. The van der Waals surface area contributed by atoms with Crippen molar-refractivity contribution >= 4 is 0 Å². The van der Waals surface area contributed by atoms with Gasteiger partial charge in [-0.25, -0.2) is 0 Å². The van der Waals surface area contributed by atoms with Crippen LogP contribution in [-0.2, 0) is 13.5 Å². The van der Waals surface area contributed by atoms with Gasteiger partial charge in [-0.3, -0.25) is 4.68 Å². The number of nitrogens with zero attached hydrogens (tertiary/aromatic N) is 3. The second-order valence-corrected chi connectivity index (χ2v) is 3.40. The minimum absolute atomic E-state index is 0.101. The van der Waals surface area contributed by atoms with Gasteiger partial charge in [-0.05, 0) is 6.42 Å². The van der Waals surface area contributed by atoms with Crippen LogP contribution in [0.5, 0.6) is 0 Å². The van der Waals surface area contributed by atoms with Crippen molar-refractivity contribution in [3.63, 3.8) is 0 Å². The maximum absolute atomic E-state index is 11.8. The topological polar surface area (TPSA) is 50.9 Å². The minimum atomic E-state index is -4.22. The van der Waals surface area contributed by atoms with Crippen molar-refractivity contribution in [2.75, 3.05) is 0 Å². The standard InChI is InChI=1S/C8H12F3N3O/c1-14-5-6(12-13-14)4-7(15)2-3-8(9,10)11/h5,7,15H,2-4H2,1H3. The lowest BCUT2D eigenvalue weighted by Crippen LogP contribution is -2.16. The van der Waals surface area contributed by atoms with Crippen molar-refractivity contribution in [1.82, 2.24) is 15.0 Å². The Morgan fingerprint density at radius 3 is 2.67 bits per heavy atom. The van der Waals surface area contributed by atoms with Crippen LogP contribution in [0.3, 0.4) is 0 Å². The number of hydrogen-bond acceptors (Lipinski definition) is 3. The van der Waals surface area contributed by atoms with Gasteiger partial charge in [-0.2, -0.15) is 13.2 Å². The molecule has 0 aliphatic rings. The van der Waals surface area contributed by atoms with E-state index in [4.69, 9.17) is 0 Å². The van der Waals surface area contributed by atoms with Crippen molar-refractivity contribution in [3.05, 3.63) is 11.9 Å². The highest BCUT2D eigenvalue weighted by atomic mass is 19.4. The number of hydrogen-bond donors (Lipinski definition) is 1. The van der Waals surface area contributed by atoms with Gasteiger partial charge >= 0.3 is 6.18 Å². The van der Waals surface area contributed by atoms with E-state index in [1.807, 2.05) is 0 Å². The fourth-order valence-electron chi connectivity index (χ4n) is 1.16. The van der Waals surface area contributed by atoms with Crippen LogP contribution in [0.15, 0.2) is 6.20 Å². The third kappa shape index (κ3) is 4.78. The van der Waals surface area contributed by atoms with Gasteiger partial charge in [0.2, 0.25) is 0 Å². The summed E-state index contributed by atoms with van der Waals surface area (Å²) in [4.78, 5) is 0. The molecule has 0 aliphatic carbocycles. The summed E-state index contributed by atoms with van der Waals surface area (Å²) >= 11 is 0. The minimum Gasteiger partial charge on any atom is -0.393 e. The van der Waals surface area contributed by atoms with Crippen molar-refractivity contribution in [3.8, 4) is 0 Å². The number of aromatic nitrogens is 3. The molecule has 0 saturated carbocycles. The first kappa shape index (κ1) is 12.0. The molecule has 1 heterocycles. The Balaban J connectivity index is 2.33. The second-order valence-electron chi connectivity index (χ2n) is 3.40. The highest BCUT2D eigenvalue weighted by Crippen LogP contribution is 2.22. The monoisotopic (exact) mass is 223 g/mol. The molecular weight excluding hydrogens is 211 g/mol. The Kier molecular flexibility index (Phi) is 3.67. The van der Waals surface area contributed by atoms with Gasteiger partial charge in [0.05, 0.1) is 11.8 Å². The van der Waals surface area contributed by atoms with Crippen molar-refractivity contribution in [1.29, 1.82) is 0 Å². The highest BCUT2D eigenvalue weighted by molar-refractivity contribution is 4.93. The van der Waals surface area contributed by atoms with Gasteiger partial charge in [0.25, 0.3) is 0 Å². The van der Waals surface area contributed by atoms with E-state index in [9.17, 15) is 18.3 Å². The number of aliphatic hydroxyl groups is 1. The third-order valence-electron chi connectivity index (χ3n) is 1.86. The van der Waals surface area contributed by atoms with Gasteiger partial charge < -0.3 is 5.11 Å². The molecule has 0 radical (unpaired) electrons. The summed E-state index contributed by atoms with van der Waals surface area (Å²) in [5.41, 5.74) is 0.493. The molecule has 1 rings (SSSR count). The molecule has 0 aliphatic heterocycles. The first-order chi connectivity index (χ1) is 6.87. The van der Waals surface area contributed by atoms with E-state index in [2.05, 4.69) is 10.3 Å². The zero-order valence-electron chi connectivity index (χ0n) is 8.20. The number of alkyl halides is 3. The second kappa shape index (κ2) is 4.61. The molecule has 1 unspecified atom stereocenters. The third-order valence-corrected chi connectivity index (χ3v) is 1.86. The lowest BCUT2D eigenvalue weighted by atomic mass is 10.1. The predicted molar refractivity (Wildman–Crippen MR) is 46.0 cm³/mol. The lowest BCUT2D eigenvalue weighted by molar-refractivity contribution is -0.139. The molecule has 0 fully saturated rings. The van der Waals surface area contributed by atoms with Gasteiger partial charge in [-0.1, -0.05) is 5.21 Å². The van der Waals surface area contributed by atoms with Crippen LogP contribution in [0.4, 0.5) is 13.2 Å². The van der Waals surface area contributed by atoms with E-state index >= 15 is 0 Å². The Labute approximate surface area is 84.7 Å². The van der Waals surface area contributed by atoms with Crippen LogP contribution in [0.2, 0.25) is 0 Å². The number of aliphatic hydroxyl groups excluding tert-OH is 1. The van der Waals surface area contributed by atoms with Gasteiger partial charge in [-0.15, -0.1) is 5.10 Å². The Morgan fingerprint density at radius 1 is 1.53 bits per heavy atom. The Morgan fingerprint density at radius 2 is 2.20 bits per heavy atom. The normalized spacial score (nSPS) is 14.2. The van der Waals surface area contributed by atoms with Crippen molar-refractivity contribution in [2.45, 2.75) is 31.5 Å². The van der Waals surface area contributed by atoms with Crippen LogP contribution in [0.25, 0.3) is 0 Å². The average molecular weight is 223 g/mol. The molecule has 7 heteroatoms. The Hall–Kier alpha value is -1.11. The molecule has 15 heavy (non-hydrogen) atoms. The van der Waals surface area contributed by atoms with Crippen molar-refractivity contribution in [2.24, 2.45) is 7.05 Å². The Bertz CT molecular complexity index is 310. The summed E-state index contributed by atoms with van der Waals surface area (Å²) in [5.74, 6) is 0. The molecule has 0 saturated heterocycles. The summed E-state index contributed by atoms with van der Waals surface area (Å²) in [5, 5.41) is 16.6. The molecule has 0 amide bonds. The van der Waals surface area contributed by atoms with E-state index in [-0.39, 0.29) is 12.8 Å². The zero-order valence-corrected chi connectivity index (χ0v) is 8.20. The van der Waals surface area contributed by atoms with Crippen molar-refractivity contribution < 1.29 is 18.3 Å². The summed E-state index contributed by atoms with van der Waals surface area (Å²) in [6.45, 7) is 0. The predicted octanol–water partition coefficient (Wildman–Crippen LogP) is 1.06. The molecule has 86 valence electrons. The molecule has 1 N–H and O–H groups in total. The zero-order chi connectivity index (χ0) is 11.5. The molecule has 1 atom stereocenters. The molecule has 4 nitrogen and oxygen atoms in total. The van der Waals surface area contributed by atoms with Crippen LogP contribution >= 0.6 is 0 Å². The fraction of sp³-hybridized carbons (Fsp3) is 0.750. The van der Waals surface area contributed by atoms with Crippen LogP contribution in [-0.4, -0.2) is 32.4 Å². The summed E-state index contributed by atoms with van der Waals surface area (Å²) in [6, 6.07) is 0. The van der Waals surface area contributed by atoms with E-state index in [0.29, 0.717) is 5.69 Å².